The smallest absolute Gasteiger partial charge is 0.192 e. The average Bonchev–Trinajstić information content (AvgIpc) is 2.47. The third-order valence-corrected chi connectivity index (χ3v) is 9.20. The minimum absolute atomic E-state index is 0.00327. The fourth-order valence-corrected chi connectivity index (χ4v) is 5.59. The molecule has 0 aromatic heterocycles. The molecular weight excluding hydrogens is 252 g/mol. The second kappa shape index (κ2) is 8.70. The van der Waals surface area contributed by atoms with Crippen molar-refractivity contribution in [2.75, 3.05) is 0 Å². The second-order valence-electron chi connectivity index (χ2n) is 5.53. The van der Waals surface area contributed by atoms with E-state index in [1.165, 1.54) is 0 Å². The van der Waals surface area contributed by atoms with Gasteiger partial charge in [-0.2, -0.15) is 0 Å². The van der Waals surface area contributed by atoms with Gasteiger partial charge in [-0.3, -0.25) is 4.79 Å². The predicted molar refractivity (Wildman–Crippen MR) is 85.9 cm³/mol. The van der Waals surface area contributed by atoms with Crippen LogP contribution in [0.2, 0.25) is 18.1 Å². The summed E-state index contributed by atoms with van der Waals surface area (Å²) >= 11 is 0. The van der Waals surface area contributed by atoms with Gasteiger partial charge in [0.2, 0.25) is 0 Å². The quantitative estimate of drug-likeness (QED) is 0.425. The van der Waals surface area contributed by atoms with Crippen LogP contribution in [0, 0.1) is 11.8 Å². The van der Waals surface area contributed by atoms with E-state index >= 15 is 0 Å². The maximum absolute atomic E-state index is 12.0. The Balaban J connectivity index is 5.15. The first-order chi connectivity index (χ1) is 8.91. The first-order valence-electron chi connectivity index (χ1n) is 7.74. The molecule has 0 radical (unpaired) electrons. The molecule has 0 aliphatic carbocycles. The highest BCUT2D eigenvalue weighted by molar-refractivity contribution is 6.73. The van der Waals surface area contributed by atoms with Crippen LogP contribution in [0.25, 0.3) is 0 Å². The molecule has 0 unspecified atom stereocenters. The number of carbonyl (C=O) groups is 1. The highest BCUT2D eigenvalue weighted by atomic mass is 28.4. The van der Waals surface area contributed by atoms with E-state index in [2.05, 4.69) is 34.3 Å². The third kappa shape index (κ3) is 4.88. The van der Waals surface area contributed by atoms with Crippen molar-refractivity contribution in [3.8, 4) is 0 Å². The van der Waals surface area contributed by atoms with Crippen molar-refractivity contribution < 1.29 is 9.22 Å². The largest absolute Gasteiger partial charge is 0.413 e. The van der Waals surface area contributed by atoms with Crippen LogP contribution in [-0.4, -0.2) is 20.2 Å². The zero-order valence-corrected chi connectivity index (χ0v) is 14.7. The van der Waals surface area contributed by atoms with Crippen LogP contribution in [0.1, 0.15) is 48.0 Å². The lowest BCUT2D eigenvalue weighted by atomic mass is 9.89. The van der Waals surface area contributed by atoms with Crippen LogP contribution >= 0.6 is 0 Å². The number of carbonyl (C=O) groups excluding carboxylic acids is 1. The van der Waals surface area contributed by atoms with Gasteiger partial charge in [-0.1, -0.05) is 47.6 Å². The first kappa shape index (κ1) is 18.6. The van der Waals surface area contributed by atoms with Crippen molar-refractivity contribution in [1.29, 1.82) is 0 Å². The van der Waals surface area contributed by atoms with Gasteiger partial charge in [-0.15, -0.1) is 6.58 Å². The van der Waals surface area contributed by atoms with Crippen molar-refractivity contribution in [3.63, 3.8) is 0 Å². The van der Waals surface area contributed by atoms with Gasteiger partial charge in [-0.25, -0.2) is 0 Å². The Morgan fingerprint density at radius 2 is 1.63 bits per heavy atom. The SMILES string of the molecule is C=C[C@H](C)[C@H](O[Si](CC)(CC)CC)[C@H](C)C(=O)CC. The van der Waals surface area contributed by atoms with Gasteiger partial charge in [-0.05, 0) is 24.1 Å². The number of Topliss-reactive ketones (excluding diaryl/α,β-unsaturated/α-hetero) is 1. The fraction of sp³-hybridized carbons (Fsp3) is 0.812. The van der Waals surface area contributed by atoms with Crippen molar-refractivity contribution in [2.24, 2.45) is 11.8 Å². The van der Waals surface area contributed by atoms with Crippen LogP contribution in [0.4, 0.5) is 0 Å². The van der Waals surface area contributed by atoms with E-state index in [9.17, 15) is 4.79 Å². The summed E-state index contributed by atoms with van der Waals surface area (Å²) in [6.07, 6.45) is 2.50. The molecule has 0 saturated carbocycles. The Kier molecular flexibility index (Phi) is 8.51. The molecular formula is C16H32O2Si. The van der Waals surface area contributed by atoms with Crippen LogP contribution in [0.15, 0.2) is 12.7 Å². The van der Waals surface area contributed by atoms with E-state index < -0.39 is 8.32 Å². The summed E-state index contributed by atoms with van der Waals surface area (Å²) in [5, 5.41) is 0. The Labute approximate surface area is 120 Å². The van der Waals surface area contributed by atoms with Gasteiger partial charge in [0.05, 0.1) is 6.10 Å². The monoisotopic (exact) mass is 284 g/mol. The summed E-state index contributed by atoms with van der Waals surface area (Å²) in [6, 6.07) is 3.36. The molecule has 0 aromatic carbocycles. The zero-order valence-electron chi connectivity index (χ0n) is 13.7. The maximum atomic E-state index is 12.0. The highest BCUT2D eigenvalue weighted by Crippen LogP contribution is 2.30. The van der Waals surface area contributed by atoms with Gasteiger partial charge >= 0.3 is 0 Å². The Bertz CT molecular complexity index is 276. The predicted octanol–water partition coefficient (Wildman–Crippen LogP) is 4.81. The standard InChI is InChI=1S/C16H32O2Si/c1-8-13(6)16(14(7)15(17)9-2)18-19(10-3,11-4)12-5/h8,13-14,16H,1,9-12H2,2-7H3/t13-,14+,16-/m0/s1. The Morgan fingerprint density at radius 3 is 1.95 bits per heavy atom. The summed E-state index contributed by atoms with van der Waals surface area (Å²) < 4.78 is 6.57. The number of hydrogen-bond donors (Lipinski definition) is 0. The molecule has 0 spiro atoms. The molecule has 3 heteroatoms. The van der Waals surface area contributed by atoms with Crippen LogP contribution in [-0.2, 0) is 9.22 Å². The molecule has 0 amide bonds. The Morgan fingerprint density at radius 1 is 1.16 bits per heavy atom. The fourth-order valence-electron chi connectivity index (χ4n) is 2.59. The summed E-state index contributed by atoms with van der Waals surface area (Å²) in [4.78, 5) is 12.0. The van der Waals surface area contributed by atoms with Gasteiger partial charge in [0.1, 0.15) is 5.78 Å². The van der Waals surface area contributed by atoms with E-state index in [0.717, 1.165) is 18.1 Å². The maximum Gasteiger partial charge on any atom is 0.192 e. The van der Waals surface area contributed by atoms with Gasteiger partial charge in [0.15, 0.2) is 8.32 Å². The number of rotatable bonds is 10. The minimum Gasteiger partial charge on any atom is -0.413 e. The molecule has 0 aliphatic rings. The summed E-state index contributed by atoms with van der Waals surface area (Å²) in [7, 11) is -1.68. The number of ketones is 1. The molecule has 3 atom stereocenters. The average molecular weight is 285 g/mol. The number of hydrogen-bond acceptors (Lipinski definition) is 2. The third-order valence-electron chi connectivity index (χ3n) is 4.56. The lowest BCUT2D eigenvalue weighted by molar-refractivity contribution is -0.125. The van der Waals surface area contributed by atoms with Gasteiger partial charge in [0, 0.05) is 12.3 Å². The molecule has 0 saturated heterocycles. The van der Waals surface area contributed by atoms with Crippen molar-refractivity contribution in [2.45, 2.75) is 72.2 Å². The first-order valence-corrected chi connectivity index (χ1v) is 10.3. The van der Waals surface area contributed by atoms with Crippen LogP contribution in [0.3, 0.4) is 0 Å². The van der Waals surface area contributed by atoms with Crippen LogP contribution < -0.4 is 0 Å². The molecule has 0 N–H and O–H groups in total. The Hall–Kier alpha value is -0.413. The van der Waals surface area contributed by atoms with E-state index in [4.69, 9.17) is 4.43 Å². The zero-order chi connectivity index (χ0) is 15.1. The molecule has 0 heterocycles. The van der Waals surface area contributed by atoms with Gasteiger partial charge < -0.3 is 4.43 Å². The summed E-state index contributed by atoms with van der Waals surface area (Å²) in [5.41, 5.74) is 0. The van der Waals surface area contributed by atoms with E-state index in [-0.39, 0.29) is 17.9 Å². The molecule has 19 heavy (non-hydrogen) atoms. The lowest BCUT2D eigenvalue weighted by Crippen LogP contribution is -2.45. The highest BCUT2D eigenvalue weighted by Gasteiger charge is 2.37. The molecule has 0 aliphatic heterocycles. The van der Waals surface area contributed by atoms with E-state index in [1.54, 1.807) is 0 Å². The van der Waals surface area contributed by atoms with Crippen molar-refractivity contribution in [1.82, 2.24) is 0 Å². The molecule has 0 aromatic rings. The second-order valence-corrected chi connectivity index (χ2v) is 10.3. The molecule has 0 fully saturated rings. The van der Waals surface area contributed by atoms with Crippen LogP contribution in [0.5, 0.6) is 0 Å². The molecule has 112 valence electrons. The molecule has 0 bridgehead atoms. The van der Waals surface area contributed by atoms with Crippen molar-refractivity contribution >= 4 is 14.1 Å². The van der Waals surface area contributed by atoms with E-state index in [0.29, 0.717) is 12.2 Å². The van der Waals surface area contributed by atoms with Crippen molar-refractivity contribution in [3.05, 3.63) is 12.7 Å². The minimum atomic E-state index is -1.68. The topological polar surface area (TPSA) is 26.3 Å². The normalized spacial score (nSPS) is 16.7. The molecule has 2 nitrogen and oxygen atoms in total. The van der Waals surface area contributed by atoms with E-state index in [1.807, 2.05) is 19.9 Å². The summed E-state index contributed by atoms with van der Waals surface area (Å²) in [6.45, 7) is 16.6. The molecule has 0 rings (SSSR count). The van der Waals surface area contributed by atoms with Gasteiger partial charge in [0.25, 0.3) is 0 Å². The lowest BCUT2D eigenvalue weighted by Gasteiger charge is -2.37. The summed E-state index contributed by atoms with van der Waals surface area (Å²) in [5.74, 6) is 0.487.